The van der Waals surface area contributed by atoms with Crippen LogP contribution >= 0.6 is 15.9 Å². The van der Waals surface area contributed by atoms with Gasteiger partial charge < -0.3 is 9.73 Å². The van der Waals surface area contributed by atoms with E-state index in [0.717, 1.165) is 10.0 Å². The van der Waals surface area contributed by atoms with Crippen LogP contribution in [0.25, 0.3) is 11.5 Å². The van der Waals surface area contributed by atoms with E-state index in [-0.39, 0.29) is 17.6 Å². The second kappa shape index (κ2) is 6.29. The third kappa shape index (κ3) is 3.45. The number of halogens is 2. The molecule has 0 unspecified atom stereocenters. The highest BCUT2D eigenvalue weighted by Gasteiger charge is 2.16. The van der Waals surface area contributed by atoms with Crippen LogP contribution in [0.15, 0.2) is 51.4 Å². The van der Waals surface area contributed by atoms with Gasteiger partial charge in [-0.15, -0.1) is 10.2 Å². The van der Waals surface area contributed by atoms with Crippen molar-refractivity contribution in [2.24, 2.45) is 0 Å². The molecular formula is C16H11BrFN3O2. The normalized spacial score (nSPS) is 10.6. The molecule has 23 heavy (non-hydrogen) atoms. The molecule has 1 aromatic heterocycles. The van der Waals surface area contributed by atoms with Gasteiger partial charge in [0.1, 0.15) is 5.82 Å². The Balaban J connectivity index is 1.78. The average Bonchev–Trinajstić information content (AvgIpc) is 3.02. The molecule has 2 aromatic carbocycles. The van der Waals surface area contributed by atoms with E-state index in [1.165, 1.54) is 24.3 Å². The van der Waals surface area contributed by atoms with Crippen molar-refractivity contribution in [1.29, 1.82) is 0 Å². The highest BCUT2D eigenvalue weighted by atomic mass is 79.9. The zero-order chi connectivity index (χ0) is 16.4. The van der Waals surface area contributed by atoms with Crippen LogP contribution in [-0.2, 0) is 0 Å². The standard InChI is InChI=1S/C16H11BrFN3O2/c1-9-8-12(6-7-13(9)17)19-14(22)16-21-20-15(23-16)10-2-4-11(18)5-3-10/h2-8H,1H3,(H,19,22). The van der Waals surface area contributed by atoms with Gasteiger partial charge in [-0.1, -0.05) is 15.9 Å². The van der Waals surface area contributed by atoms with E-state index in [1.807, 2.05) is 19.1 Å². The van der Waals surface area contributed by atoms with Crippen molar-refractivity contribution in [1.82, 2.24) is 10.2 Å². The maximum absolute atomic E-state index is 12.9. The maximum atomic E-state index is 12.9. The molecule has 0 spiro atoms. The molecule has 0 fully saturated rings. The highest BCUT2D eigenvalue weighted by Crippen LogP contribution is 2.21. The molecule has 0 aliphatic carbocycles. The quantitative estimate of drug-likeness (QED) is 0.744. The molecule has 116 valence electrons. The molecule has 0 atom stereocenters. The molecule has 1 amide bonds. The Kier molecular flexibility index (Phi) is 4.20. The van der Waals surface area contributed by atoms with Gasteiger partial charge in [0, 0.05) is 15.7 Å². The summed E-state index contributed by atoms with van der Waals surface area (Å²) in [7, 11) is 0. The summed E-state index contributed by atoms with van der Waals surface area (Å²) in [4.78, 5) is 12.1. The molecule has 0 saturated carbocycles. The fourth-order valence-corrected chi connectivity index (χ4v) is 2.18. The van der Waals surface area contributed by atoms with E-state index < -0.39 is 5.91 Å². The minimum atomic E-state index is -0.507. The number of aromatic nitrogens is 2. The minimum Gasteiger partial charge on any atom is -0.412 e. The first-order valence-corrected chi connectivity index (χ1v) is 7.49. The Hall–Kier alpha value is -2.54. The zero-order valence-corrected chi connectivity index (χ0v) is 13.6. The predicted octanol–water partition coefficient (Wildman–Crippen LogP) is 4.20. The smallest absolute Gasteiger partial charge is 0.313 e. The molecule has 5 nitrogen and oxygen atoms in total. The topological polar surface area (TPSA) is 68.0 Å². The van der Waals surface area contributed by atoms with Gasteiger partial charge in [0.2, 0.25) is 5.89 Å². The van der Waals surface area contributed by atoms with Crippen molar-refractivity contribution in [2.45, 2.75) is 6.92 Å². The lowest BCUT2D eigenvalue weighted by Crippen LogP contribution is -2.12. The lowest BCUT2D eigenvalue weighted by atomic mass is 10.2. The van der Waals surface area contributed by atoms with Crippen molar-refractivity contribution in [3.05, 3.63) is 64.2 Å². The maximum Gasteiger partial charge on any atom is 0.313 e. The number of aryl methyl sites for hydroxylation is 1. The van der Waals surface area contributed by atoms with E-state index in [4.69, 9.17) is 4.42 Å². The van der Waals surface area contributed by atoms with Crippen LogP contribution in [0.4, 0.5) is 10.1 Å². The first kappa shape index (κ1) is 15.4. The second-order valence-corrected chi connectivity index (χ2v) is 5.69. The molecule has 3 rings (SSSR count). The lowest BCUT2D eigenvalue weighted by molar-refractivity contribution is 0.0991. The first-order chi connectivity index (χ1) is 11.0. The van der Waals surface area contributed by atoms with E-state index in [1.54, 1.807) is 6.07 Å². The van der Waals surface area contributed by atoms with Crippen molar-refractivity contribution in [2.75, 3.05) is 5.32 Å². The molecule has 0 aliphatic rings. The molecule has 0 aliphatic heterocycles. The van der Waals surface area contributed by atoms with Crippen LogP contribution in [-0.4, -0.2) is 16.1 Å². The van der Waals surface area contributed by atoms with Crippen LogP contribution < -0.4 is 5.32 Å². The van der Waals surface area contributed by atoms with E-state index >= 15 is 0 Å². The molecule has 0 saturated heterocycles. The predicted molar refractivity (Wildman–Crippen MR) is 86.5 cm³/mol. The number of anilines is 1. The number of benzene rings is 2. The number of nitrogens with one attached hydrogen (secondary N) is 1. The van der Waals surface area contributed by atoms with Crippen LogP contribution in [0.5, 0.6) is 0 Å². The van der Waals surface area contributed by atoms with Gasteiger partial charge in [0.15, 0.2) is 0 Å². The van der Waals surface area contributed by atoms with Crippen molar-refractivity contribution < 1.29 is 13.6 Å². The summed E-state index contributed by atoms with van der Waals surface area (Å²) in [6.07, 6.45) is 0. The van der Waals surface area contributed by atoms with E-state index in [9.17, 15) is 9.18 Å². The van der Waals surface area contributed by atoms with Gasteiger partial charge in [-0.05, 0) is 55.0 Å². The SMILES string of the molecule is Cc1cc(NC(=O)c2nnc(-c3ccc(F)cc3)o2)ccc1Br. The Morgan fingerprint density at radius 3 is 2.61 bits per heavy atom. The molecule has 0 bridgehead atoms. The van der Waals surface area contributed by atoms with Crippen molar-refractivity contribution >= 4 is 27.5 Å². The summed E-state index contributed by atoms with van der Waals surface area (Å²) in [5.74, 6) is -0.878. The Labute approximate surface area is 139 Å². The fourth-order valence-electron chi connectivity index (χ4n) is 1.93. The highest BCUT2D eigenvalue weighted by molar-refractivity contribution is 9.10. The van der Waals surface area contributed by atoms with Crippen molar-refractivity contribution in [3.8, 4) is 11.5 Å². The summed E-state index contributed by atoms with van der Waals surface area (Å²) in [5, 5.41) is 10.2. The van der Waals surface area contributed by atoms with Gasteiger partial charge >= 0.3 is 11.8 Å². The first-order valence-electron chi connectivity index (χ1n) is 6.70. The summed E-state index contributed by atoms with van der Waals surface area (Å²) < 4.78 is 19.2. The van der Waals surface area contributed by atoms with Crippen LogP contribution in [0.1, 0.15) is 16.2 Å². The molecule has 7 heteroatoms. The van der Waals surface area contributed by atoms with Crippen molar-refractivity contribution in [3.63, 3.8) is 0 Å². The van der Waals surface area contributed by atoms with E-state index in [0.29, 0.717) is 11.3 Å². The molecule has 1 N–H and O–H groups in total. The third-order valence-electron chi connectivity index (χ3n) is 3.13. The van der Waals surface area contributed by atoms with Gasteiger partial charge in [0.25, 0.3) is 0 Å². The number of hydrogen-bond acceptors (Lipinski definition) is 4. The van der Waals surface area contributed by atoms with Crippen LogP contribution in [0.2, 0.25) is 0 Å². The Morgan fingerprint density at radius 1 is 1.17 bits per heavy atom. The fraction of sp³-hybridized carbons (Fsp3) is 0.0625. The Morgan fingerprint density at radius 2 is 1.91 bits per heavy atom. The van der Waals surface area contributed by atoms with Gasteiger partial charge in [-0.2, -0.15) is 0 Å². The zero-order valence-electron chi connectivity index (χ0n) is 12.0. The molecule has 0 radical (unpaired) electrons. The third-order valence-corrected chi connectivity index (χ3v) is 4.02. The number of nitrogens with zero attached hydrogens (tertiary/aromatic N) is 2. The summed E-state index contributed by atoms with van der Waals surface area (Å²) in [5.41, 5.74) is 2.15. The van der Waals surface area contributed by atoms with Crippen LogP contribution in [0.3, 0.4) is 0 Å². The van der Waals surface area contributed by atoms with Gasteiger partial charge in [-0.25, -0.2) is 4.39 Å². The molecular weight excluding hydrogens is 365 g/mol. The molecule has 1 heterocycles. The van der Waals surface area contributed by atoms with Gasteiger partial charge in [-0.3, -0.25) is 4.79 Å². The number of hydrogen-bond donors (Lipinski definition) is 1. The molecule has 3 aromatic rings. The second-order valence-electron chi connectivity index (χ2n) is 4.84. The average molecular weight is 376 g/mol. The number of carbonyl (C=O) groups is 1. The number of amides is 1. The van der Waals surface area contributed by atoms with Gasteiger partial charge in [0.05, 0.1) is 0 Å². The summed E-state index contributed by atoms with van der Waals surface area (Å²) in [6, 6.07) is 11.0. The summed E-state index contributed by atoms with van der Waals surface area (Å²) >= 11 is 3.39. The van der Waals surface area contributed by atoms with Crippen LogP contribution in [0, 0.1) is 12.7 Å². The number of carbonyl (C=O) groups excluding carboxylic acids is 1. The lowest BCUT2D eigenvalue weighted by Gasteiger charge is -2.04. The summed E-state index contributed by atoms with van der Waals surface area (Å²) in [6.45, 7) is 1.92. The minimum absolute atomic E-state index is 0.155. The van der Waals surface area contributed by atoms with E-state index in [2.05, 4.69) is 31.4 Å². The number of rotatable bonds is 3. The Bertz CT molecular complexity index is 862. The largest absolute Gasteiger partial charge is 0.412 e. The monoisotopic (exact) mass is 375 g/mol.